The SMILES string of the molecule is COCC(Cc1cccc([C@@]2(C)CCCC(C)(C)CS(=O)CCc3c(c(F)c(F)c4[nH]ccc34)S(=O)c3ccc(F)c(c3)-c3nc2nn3C)c1)C(=O)O. The lowest BCUT2D eigenvalue weighted by atomic mass is 9.75. The van der Waals surface area contributed by atoms with Gasteiger partial charge in [0.15, 0.2) is 23.3 Å². The van der Waals surface area contributed by atoms with Crippen LogP contribution in [-0.4, -0.2) is 64.5 Å². The van der Waals surface area contributed by atoms with Crippen molar-refractivity contribution in [2.75, 3.05) is 25.2 Å². The Hall–Kier alpha value is -4.14. The van der Waals surface area contributed by atoms with Gasteiger partial charge in [-0.1, -0.05) is 44.5 Å². The Kier molecular flexibility index (Phi) is 11.1. The molecule has 0 saturated heterocycles. The number of halogens is 3. The van der Waals surface area contributed by atoms with Crippen LogP contribution in [0.15, 0.2) is 64.5 Å². The monoisotopic (exact) mass is 768 g/mol. The molecular weight excluding hydrogens is 726 g/mol. The summed E-state index contributed by atoms with van der Waals surface area (Å²) in [5.41, 5.74) is 0.624. The lowest BCUT2D eigenvalue weighted by Crippen LogP contribution is -2.28. The molecule has 2 N–H and O–H groups in total. The van der Waals surface area contributed by atoms with Crippen molar-refractivity contribution in [1.29, 1.82) is 0 Å². The van der Waals surface area contributed by atoms with Crippen molar-refractivity contribution in [3.63, 3.8) is 0 Å². The van der Waals surface area contributed by atoms with Crippen molar-refractivity contribution in [1.82, 2.24) is 19.7 Å². The molecule has 0 amide bonds. The summed E-state index contributed by atoms with van der Waals surface area (Å²) in [5.74, 6) is -3.82. The van der Waals surface area contributed by atoms with Gasteiger partial charge in [0.05, 0.1) is 44.7 Å². The molecule has 3 unspecified atom stereocenters. The molecule has 282 valence electrons. The van der Waals surface area contributed by atoms with Crippen LogP contribution in [0.25, 0.3) is 22.3 Å². The van der Waals surface area contributed by atoms with Gasteiger partial charge >= 0.3 is 5.97 Å². The highest BCUT2D eigenvalue weighted by Gasteiger charge is 2.36. The van der Waals surface area contributed by atoms with Gasteiger partial charge in [-0.05, 0) is 79.0 Å². The summed E-state index contributed by atoms with van der Waals surface area (Å²) in [5, 5.41) is 14.9. The first-order chi connectivity index (χ1) is 25.1. The highest BCUT2D eigenvalue weighted by atomic mass is 32.2. The summed E-state index contributed by atoms with van der Waals surface area (Å²) in [6.45, 7) is 6.13. The molecule has 0 spiro atoms. The molecule has 3 aromatic carbocycles. The molecule has 4 bridgehead atoms. The Morgan fingerprint density at radius 1 is 1.08 bits per heavy atom. The van der Waals surface area contributed by atoms with E-state index in [1.165, 1.54) is 30.1 Å². The summed E-state index contributed by atoms with van der Waals surface area (Å²) in [7, 11) is -0.573. The highest BCUT2D eigenvalue weighted by Crippen LogP contribution is 2.40. The molecule has 6 rings (SSSR count). The number of hydrogen-bond donors (Lipinski definition) is 2. The number of hydrogen-bond acceptors (Lipinski definition) is 6. The lowest BCUT2D eigenvalue weighted by molar-refractivity contribution is -0.143. The number of aromatic nitrogens is 4. The smallest absolute Gasteiger partial charge is 0.309 e. The van der Waals surface area contributed by atoms with Gasteiger partial charge in [-0.3, -0.25) is 9.00 Å². The van der Waals surface area contributed by atoms with Crippen molar-refractivity contribution in [2.45, 2.75) is 68.1 Å². The topological polar surface area (TPSA) is 127 Å². The molecule has 2 aromatic heterocycles. The van der Waals surface area contributed by atoms with E-state index < -0.39 is 56.4 Å². The number of carboxylic acids is 1. The molecule has 9 nitrogen and oxygen atoms in total. The second kappa shape index (κ2) is 15.3. The number of rotatable bonds is 6. The second-order valence-electron chi connectivity index (χ2n) is 14.8. The predicted molar refractivity (Wildman–Crippen MR) is 198 cm³/mol. The van der Waals surface area contributed by atoms with Gasteiger partial charge < -0.3 is 14.8 Å². The average molecular weight is 769 g/mol. The molecule has 0 radical (unpaired) electrons. The number of fused-ring (bicyclic) bond motifs is 8. The molecule has 1 aliphatic heterocycles. The number of carboxylic acid groups (broad SMARTS) is 1. The molecule has 1 aliphatic rings. The van der Waals surface area contributed by atoms with Gasteiger partial charge in [0.2, 0.25) is 0 Å². The van der Waals surface area contributed by atoms with E-state index in [1.807, 2.05) is 45.0 Å². The maximum absolute atomic E-state index is 15.9. The highest BCUT2D eigenvalue weighted by molar-refractivity contribution is 7.85. The van der Waals surface area contributed by atoms with Gasteiger partial charge in [0.1, 0.15) is 5.82 Å². The summed E-state index contributed by atoms with van der Waals surface area (Å²) in [6, 6.07) is 12.9. The first-order valence-electron chi connectivity index (χ1n) is 17.4. The first kappa shape index (κ1) is 38.6. The van der Waals surface area contributed by atoms with Crippen LogP contribution < -0.4 is 0 Å². The Labute approximate surface area is 311 Å². The fourth-order valence-corrected chi connectivity index (χ4v) is 10.2. The van der Waals surface area contributed by atoms with Crippen LogP contribution in [0, 0.1) is 28.8 Å². The number of nitrogens with zero attached hydrogens (tertiary/aromatic N) is 3. The number of nitrogens with one attached hydrogen (secondary N) is 1. The molecule has 0 fully saturated rings. The molecule has 14 heteroatoms. The van der Waals surface area contributed by atoms with Crippen LogP contribution >= 0.6 is 0 Å². The van der Waals surface area contributed by atoms with Crippen molar-refractivity contribution in [2.24, 2.45) is 18.4 Å². The molecule has 0 aliphatic carbocycles. The number of H-pyrrole nitrogens is 1. The van der Waals surface area contributed by atoms with E-state index in [0.717, 1.165) is 17.2 Å². The molecule has 53 heavy (non-hydrogen) atoms. The summed E-state index contributed by atoms with van der Waals surface area (Å²) in [4.78, 5) is 19.2. The van der Waals surface area contributed by atoms with E-state index >= 15 is 13.2 Å². The number of aliphatic carboxylic acids is 1. The zero-order chi connectivity index (χ0) is 38.2. The number of ether oxygens (including phenoxy) is 1. The molecule has 4 atom stereocenters. The van der Waals surface area contributed by atoms with Crippen LogP contribution in [-0.2, 0) is 56.4 Å². The standard InChI is InChI=1S/C39H43F3N4O5S2/c1-38(2)14-7-15-39(3,25-9-6-8-23(19-25)18-24(21-51-5)36(47)48)37-44-35(46(4)45-37)29-20-26(10-11-30(29)40)53(50)34-28(13-17-52(49)22-38)27-12-16-43-33(27)31(41)32(34)42/h6,8-12,16,19-20,24,43H,7,13-15,17-18,21-22H2,1-5H3,(H,47,48)/t24?,39-,52?,53?/m1/s1. The third-order valence-electron chi connectivity index (χ3n) is 10.2. The van der Waals surface area contributed by atoms with Crippen LogP contribution in [0.5, 0.6) is 0 Å². The Bertz CT molecular complexity index is 2240. The van der Waals surface area contributed by atoms with E-state index in [0.29, 0.717) is 36.2 Å². The third kappa shape index (κ3) is 7.76. The fourth-order valence-electron chi connectivity index (χ4n) is 7.32. The average Bonchev–Trinajstić information content (AvgIpc) is 3.76. The van der Waals surface area contributed by atoms with Crippen LogP contribution in [0.3, 0.4) is 0 Å². The first-order valence-corrected chi connectivity index (χ1v) is 20.0. The third-order valence-corrected chi connectivity index (χ3v) is 13.5. The summed E-state index contributed by atoms with van der Waals surface area (Å²) in [6.07, 6.45) is 3.72. The Balaban J connectivity index is 1.51. The van der Waals surface area contributed by atoms with E-state index in [4.69, 9.17) is 14.8 Å². The van der Waals surface area contributed by atoms with Crippen molar-refractivity contribution in [3.8, 4) is 11.4 Å². The van der Waals surface area contributed by atoms with E-state index in [2.05, 4.69) is 4.98 Å². The van der Waals surface area contributed by atoms with E-state index in [9.17, 15) is 18.3 Å². The van der Waals surface area contributed by atoms with Crippen LogP contribution in [0.4, 0.5) is 13.2 Å². The largest absolute Gasteiger partial charge is 0.481 e. The Morgan fingerprint density at radius 3 is 2.58 bits per heavy atom. The van der Waals surface area contributed by atoms with Crippen LogP contribution in [0.1, 0.15) is 62.5 Å². The van der Waals surface area contributed by atoms with Crippen molar-refractivity contribution >= 4 is 38.5 Å². The zero-order valence-corrected chi connectivity index (χ0v) is 31.9. The molecular formula is C39H43F3N4O5S2. The summed E-state index contributed by atoms with van der Waals surface area (Å²) < 4.78 is 81.5. The van der Waals surface area contributed by atoms with Crippen molar-refractivity contribution < 1.29 is 36.2 Å². The number of carbonyl (C=O) groups is 1. The van der Waals surface area contributed by atoms with Gasteiger partial charge in [-0.2, -0.15) is 5.10 Å². The number of methoxy groups -OCH3 is 1. The minimum absolute atomic E-state index is 0.0226. The Morgan fingerprint density at radius 2 is 1.85 bits per heavy atom. The maximum atomic E-state index is 15.9. The molecule has 0 saturated carbocycles. The van der Waals surface area contributed by atoms with Gasteiger partial charge in [0.25, 0.3) is 0 Å². The zero-order valence-electron chi connectivity index (χ0n) is 30.3. The fraction of sp³-hybridized carbons (Fsp3) is 0.410. The minimum atomic E-state index is -2.30. The predicted octanol–water partition coefficient (Wildman–Crippen LogP) is 7.24. The molecule has 3 heterocycles. The quantitative estimate of drug-likeness (QED) is 0.187. The normalized spacial score (nSPS) is 21.4. The van der Waals surface area contributed by atoms with Crippen LogP contribution in [0.2, 0.25) is 0 Å². The summed E-state index contributed by atoms with van der Waals surface area (Å²) >= 11 is 0. The van der Waals surface area contributed by atoms with Gasteiger partial charge in [-0.25, -0.2) is 27.0 Å². The molecule has 5 aromatic rings. The lowest BCUT2D eigenvalue weighted by Gasteiger charge is -2.31. The maximum Gasteiger partial charge on any atom is 0.309 e. The van der Waals surface area contributed by atoms with Gasteiger partial charge in [0, 0.05) is 52.9 Å². The minimum Gasteiger partial charge on any atom is -0.481 e. The number of aryl methyl sites for hydroxylation is 2. The van der Waals surface area contributed by atoms with Gasteiger partial charge in [-0.15, -0.1) is 0 Å². The van der Waals surface area contributed by atoms with E-state index in [1.54, 1.807) is 13.1 Å². The van der Waals surface area contributed by atoms with Crippen molar-refractivity contribution in [3.05, 3.63) is 94.7 Å². The second-order valence-corrected chi connectivity index (χ2v) is 17.8. The number of aromatic amines is 1. The number of benzene rings is 3. The van der Waals surface area contributed by atoms with E-state index in [-0.39, 0.29) is 62.9 Å².